The van der Waals surface area contributed by atoms with Crippen LogP contribution < -0.4 is 9.80 Å². The Morgan fingerprint density at radius 1 is 1.07 bits per heavy atom. The van der Waals surface area contributed by atoms with Crippen molar-refractivity contribution in [1.29, 1.82) is 0 Å². The summed E-state index contributed by atoms with van der Waals surface area (Å²) in [5.74, 6) is -1.07. The van der Waals surface area contributed by atoms with Crippen LogP contribution >= 0.6 is 11.6 Å². The Morgan fingerprint density at radius 3 is 2.48 bits per heavy atom. The number of nitrogens with one attached hydrogen (secondary N) is 1. The lowest BCUT2D eigenvalue weighted by atomic mass is 9.85. The van der Waals surface area contributed by atoms with E-state index in [9.17, 15) is 14.4 Å². The molecule has 7 nitrogen and oxygen atoms in total. The van der Waals surface area contributed by atoms with E-state index in [0.717, 1.165) is 67.3 Å². The molecule has 2 saturated heterocycles. The lowest BCUT2D eigenvalue weighted by Gasteiger charge is -2.35. The first-order valence-corrected chi connectivity index (χ1v) is 10.9. The van der Waals surface area contributed by atoms with E-state index in [0.29, 0.717) is 5.02 Å². The lowest BCUT2D eigenvalue weighted by Crippen LogP contribution is -3.16. The number of halogens is 1. The average Bonchev–Trinajstić information content (AvgIpc) is 2.92. The number of piperazine rings is 1. The number of nitrogens with zero attached hydrogens (tertiary/aromatic N) is 3. The Labute approximate surface area is 176 Å². The normalized spacial score (nSPS) is 26.6. The number of quaternary nitrogens is 1. The zero-order chi connectivity index (χ0) is 20.5. The topological polar surface area (TPSA) is 65.4 Å². The number of rotatable bonds is 4. The average molecular weight is 420 g/mol. The van der Waals surface area contributed by atoms with Crippen molar-refractivity contribution in [2.45, 2.75) is 38.6 Å². The van der Waals surface area contributed by atoms with E-state index >= 15 is 0 Å². The first-order chi connectivity index (χ1) is 14.0. The monoisotopic (exact) mass is 419 g/mol. The number of urea groups is 1. The molecule has 0 radical (unpaired) electrons. The van der Waals surface area contributed by atoms with Gasteiger partial charge in [0.25, 0.3) is 0 Å². The minimum Gasteiger partial charge on any atom is -0.360 e. The van der Waals surface area contributed by atoms with Gasteiger partial charge in [0.1, 0.15) is 0 Å². The summed E-state index contributed by atoms with van der Waals surface area (Å²) < 4.78 is 0. The molecule has 29 heavy (non-hydrogen) atoms. The summed E-state index contributed by atoms with van der Waals surface area (Å²) in [6.07, 6.45) is 3.90. The number of hydrogen-bond donors (Lipinski definition) is 1. The van der Waals surface area contributed by atoms with Crippen molar-refractivity contribution in [3.05, 3.63) is 29.3 Å². The Balaban J connectivity index is 1.38. The summed E-state index contributed by atoms with van der Waals surface area (Å²) in [6.45, 7) is 5.52. The van der Waals surface area contributed by atoms with Crippen LogP contribution in [0.5, 0.6) is 0 Å². The highest BCUT2D eigenvalue weighted by atomic mass is 35.5. The van der Waals surface area contributed by atoms with Gasteiger partial charge in [-0.1, -0.05) is 37.4 Å². The van der Waals surface area contributed by atoms with E-state index in [-0.39, 0.29) is 18.6 Å². The van der Waals surface area contributed by atoms with Crippen LogP contribution in [-0.2, 0) is 9.59 Å². The second kappa shape index (κ2) is 8.32. The lowest BCUT2D eigenvalue weighted by molar-refractivity contribution is -0.907. The van der Waals surface area contributed by atoms with Crippen LogP contribution in [0.4, 0.5) is 10.5 Å². The van der Waals surface area contributed by atoms with Gasteiger partial charge in [0, 0.05) is 16.8 Å². The van der Waals surface area contributed by atoms with Crippen LogP contribution in [0.15, 0.2) is 24.3 Å². The zero-order valence-electron chi connectivity index (χ0n) is 16.8. The molecule has 8 heteroatoms. The minimum absolute atomic E-state index is 0.146. The van der Waals surface area contributed by atoms with Crippen LogP contribution in [0.25, 0.3) is 0 Å². The molecule has 1 N–H and O–H groups in total. The standard InChI is InChI=1S/C21H27ClN4O3/c1-15-5-2-3-8-18(15)26-20(28)19(27)25(21(26)29)14-23-9-11-24(12-10-23)17-7-4-6-16(22)13-17/h4,6-7,13,15,18H,2-3,5,8-12,14H2,1H3/p+1/t15-,18+/m0/s1. The molecule has 2 atom stereocenters. The van der Waals surface area contributed by atoms with E-state index in [1.807, 2.05) is 24.3 Å². The third-order valence-corrected chi connectivity index (χ3v) is 6.74. The predicted molar refractivity (Wildman–Crippen MR) is 110 cm³/mol. The van der Waals surface area contributed by atoms with E-state index in [1.54, 1.807) is 0 Å². The Morgan fingerprint density at radius 2 is 1.79 bits per heavy atom. The van der Waals surface area contributed by atoms with Crippen molar-refractivity contribution >= 4 is 35.1 Å². The van der Waals surface area contributed by atoms with Gasteiger partial charge >= 0.3 is 17.8 Å². The van der Waals surface area contributed by atoms with Crippen molar-refractivity contribution in [2.24, 2.45) is 5.92 Å². The summed E-state index contributed by atoms with van der Waals surface area (Å²) in [5.41, 5.74) is 1.08. The van der Waals surface area contributed by atoms with Gasteiger partial charge in [-0.25, -0.2) is 9.69 Å². The van der Waals surface area contributed by atoms with Gasteiger partial charge in [-0.05, 0) is 37.0 Å². The van der Waals surface area contributed by atoms with Gasteiger partial charge in [-0.2, -0.15) is 0 Å². The minimum atomic E-state index is -0.669. The number of carbonyl (C=O) groups is 3. The van der Waals surface area contributed by atoms with Crippen molar-refractivity contribution in [2.75, 3.05) is 37.7 Å². The van der Waals surface area contributed by atoms with Crippen LogP contribution in [0.2, 0.25) is 5.02 Å². The molecule has 3 fully saturated rings. The van der Waals surface area contributed by atoms with E-state index in [1.165, 1.54) is 4.90 Å². The smallest absolute Gasteiger partial charge is 0.338 e. The molecule has 4 amide bonds. The van der Waals surface area contributed by atoms with E-state index in [2.05, 4.69) is 11.8 Å². The molecule has 0 bridgehead atoms. The molecule has 0 aromatic heterocycles. The number of imide groups is 2. The summed E-state index contributed by atoms with van der Waals surface area (Å²) in [4.78, 5) is 43.8. The number of anilines is 1. The Kier molecular flexibility index (Phi) is 5.79. The number of amides is 4. The fourth-order valence-corrected chi connectivity index (χ4v) is 4.95. The number of benzene rings is 1. The first-order valence-electron chi connectivity index (χ1n) is 10.5. The van der Waals surface area contributed by atoms with Crippen LogP contribution in [0.1, 0.15) is 32.6 Å². The Bertz CT molecular complexity index is 809. The summed E-state index contributed by atoms with van der Waals surface area (Å²) >= 11 is 6.09. The van der Waals surface area contributed by atoms with Crippen molar-refractivity contribution < 1.29 is 19.3 Å². The maximum atomic E-state index is 12.9. The van der Waals surface area contributed by atoms with Gasteiger partial charge < -0.3 is 9.80 Å². The van der Waals surface area contributed by atoms with Crippen molar-refractivity contribution in [3.63, 3.8) is 0 Å². The molecule has 1 aliphatic carbocycles. The maximum absolute atomic E-state index is 12.9. The van der Waals surface area contributed by atoms with Crippen LogP contribution in [0.3, 0.4) is 0 Å². The second-order valence-electron chi connectivity index (χ2n) is 8.40. The first kappa shape index (κ1) is 20.2. The molecule has 156 valence electrons. The highest BCUT2D eigenvalue weighted by Crippen LogP contribution is 2.31. The van der Waals surface area contributed by atoms with E-state index in [4.69, 9.17) is 11.6 Å². The van der Waals surface area contributed by atoms with Gasteiger partial charge in [0.2, 0.25) is 0 Å². The zero-order valence-corrected chi connectivity index (χ0v) is 17.5. The van der Waals surface area contributed by atoms with Gasteiger partial charge in [-0.15, -0.1) is 0 Å². The van der Waals surface area contributed by atoms with Crippen molar-refractivity contribution in [1.82, 2.24) is 9.80 Å². The van der Waals surface area contributed by atoms with Crippen LogP contribution in [0, 0.1) is 5.92 Å². The summed E-state index contributed by atoms with van der Waals surface area (Å²) in [7, 11) is 0. The third kappa shape index (κ3) is 3.98. The second-order valence-corrected chi connectivity index (χ2v) is 8.83. The molecular formula is C21H28ClN4O3+. The highest BCUT2D eigenvalue weighted by molar-refractivity contribution is 6.44. The molecule has 0 unspecified atom stereocenters. The van der Waals surface area contributed by atoms with Gasteiger partial charge in [0.05, 0.1) is 26.2 Å². The summed E-state index contributed by atoms with van der Waals surface area (Å²) in [5, 5.41) is 0.709. The summed E-state index contributed by atoms with van der Waals surface area (Å²) in [6, 6.07) is 7.20. The third-order valence-electron chi connectivity index (χ3n) is 6.51. The van der Waals surface area contributed by atoms with Crippen LogP contribution in [-0.4, -0.2) is 66.5 Å². The molecule has 3 aliphatic rings. The molecule has 4 rings (SSSR count). The molecule has 2 aliphatic heterocycles. The highest BCUT2D eigenvalue weighted by Gasteiger charge is 2.50. The van der Waals surface area contributed by atoms with Gasteiger partial charge in [0.15, 0.2) is 6.67 Å². The SMILES string of the molecule is C[C@H]1CCCC[C@H]1N1C(=O)C(=O)N(C[NH+]2CCN(c3cccc(Cl)c3)CC2)C1=O. The number of carbonyl (C=O) groups excluding carboxylic acids is 3. The van der Waals surface area contributed by atoms with Crippen molar-refractivity contribution in [3.8, 4) is 0 Å². The quantitative estimate of drug-likeness (QED) is 0.591. The fraction of sp³-hybridized carbons (Fsp3) is 0.571. The number of hydrogen-bond acceptors (Lipinski definition) is 4. The molecule has 2 heterocycles. The molecule has 0 spiro atoms. The fourth-order valence-electron chi connectivity index (χ4n) is 4.77. The maximum Gasteiger partial charge on any atom is 0.338 e. The van der Waals surface area contributed by atoms with Gasteiger partial charge in [-0.3, -0.25) is 14.5 Å². The predicted octanol–water partition coefficient (Wildman–Crippen LogP) is 1.37. The molecule has 1 aromatic rings. The Hall–Kier alpha value is -2.12. The molecule has 1 saturated carbocycles. The largest absolute Gasteiger partial charge is 0.360 e. The van der Waals surface area contributed by atoms with E-state index < -0.39 is 17.8 Å². The molecule has 1 aromatic carbocycles. The molecular weight excluding hydrogens is 392 g/mol.